The highest BCUT2D eigenvalue weighted by molar-refractivity contribution is 5.66. The van der Waals surface area contributed by atoms with Crippen LogP contribution in [0, 0.1) is 5.92 Å². The summed E-state index contributed by atoms with van der Waals surface area (Å²) in [6.45, 7) is 4.61. The van der Waals surface area contributed by atoms with E-state index in [0.717, 1.165) is 0 Å². The van der Waals surface area contributed by atoms with E-state index < -0.39 is 5.97 Å². The Balaban J connectivity index is 2.42. The van der Waals surface area contributed by atoms with Crippen molar-refractivity contribution in [1.29, 1.82) is 0 Å². The molecule has 6 nitrogen and oxygen atoms in total. The first-order valence-electron chi connectivity index (χ1n) is 5.22. The van der Waals surface area contributed by atoms with Crippen LogP contribution in [0.2, 0.25) is 0 Å². The lowest BCUT2D eigenvalue weighted by Crippen LogP contribution is -2.07. The molecule has 0 aliphatic carbocycles. The van der Waals surface area contributed by atoms with E-state index in [2.05, 4.69) is 10.2 Å². The molecule has 0 bridgehead atoms. The van der Waals surface area contributed by atoms with E-state index in [1.807, 2.05) is 13.8 Å². The Morgan fingerprint density at radius 1 is 1.50 bits per heavy atom. The van der Waals surface area contributed by atoms with Crippen LogP contribution >= 0.6 is 0 Å². The number of hydrogen-bond donors (Lipinski definition) is 1. The van der Waals surface area contributed by atoms with Gasteiger partial charge < -0.3 is 14.3 Å². The van der Waals surface area contributed by atoms with Crippen molar-refractivity contribution in [3.05, 3.63) is 11.8 Å². The summed E-state index contributed by atoms with van der Waals surface area (Å²) in [5, 5.41) is 16.2. The third kappa shape index (κ3) is 4.39. The molecule has 1 rings (SSSR count). The van der Waals surface area contributed by atoms with Gasteiger partial charge in [-0.1, -0.05) is 6.92 Å². The first-order valence-corrected chi connectivity index (χ1v) is 5.22. The van der Waals surface area contributed by atoms with E-state index in [-0.39, 0.29) is 12.3 Å². The summed E-state index contributed by atoms with van der Waals surface area (Å²) in [6, 6.07) is 0. The lowest BCUT2D eigenvalue weighted by atomic mass is 10.0. The van der Waals surface area contributed by atoms with Gasteiger partial charge in [0.15, 0.2) is 0 Å². The maximum atomic E-state index is 10.5. The number of aliphatic carboxylic acids is 1. The van der Waals surface area contributed by atoms with E-state index >= 15 is 0 Å². The van der Waals surface area contributed by atoms with Gasteiger partial charge in [0.2, 0.25) is 11.8 Å². The van der Waals surface area contributed by atoms with Crippen molar-refractivity contribution in [2.45, 2.75) is 33.3 Å². The third-order valence-electron chi connectivity index (χ3n) is 1.98. The summed E-state index contributed by atoms with van der Waals surface area (Å²) in [5.41, 5.74) is 0. The fourth-order valence-corrected chi connectivity index (χ4v) is 1.29. The molecule has 0 radical (unpaired) electrons. The van der Waals surface area contributed by atoms with Gasteiger partial charge in [0.05, 0.1) is 0 Å². The molecular weight excluding hydrogens is 212 g/mol. The van der Waals surface area contributed by atoms with Gasteiger partial charge in [-0.05, 0) is 12.8 Å². The van der Waals surface area contributed by atoms with Crippen molar-refractivity contribution in [2.75, 3.05) is 6.61 Å². The van der Waals surface area contributed by atoms with Crippen LogP contribution in [-0.2, 0) is 22.6 Å². The molecule has 1 unspecified atom stereocenters. The maximum Gasteiger partial charge on any atom is 0.303 e. The molecule has 0 aliphatic heterocycles. The summed E-state index contributed by atoms with van der Waals surface area (Å²) >= 11 is 0. The second-order valence-electron chi connectivity index (χ2n) is 3.63. The monoisotopic (exact) mass is 228 g/mol. The number of rotatable bonds is 7. The Labute approximate surface area is 93.6 Å². The molecule has 0 saturated heterocycles. The number of ether oxygens (including phenoxy) is 1. The highest BCUT2D eigenvalue weighted by Gasteiger charge is 2.13. The Hall–Kier alpha value is -1.43. The quantitative estimate of drug-likeness (QED) is 0.756. The van der Waals surface area contributed by atoms with Gasteiger partial charge in [0, 0.05) is 19.4 Å². The van der Waals surface area contributed by atoms with Crippen LogP contribution in [0.1, 0.15) is 32.0 Å². The van der Waals surface area contributed by atoms with Gasteiger partial charge in [-0.15, -0.1) is 10.2 Å². The fourth-order valence-electron chi connectivity index (χ4n) is 1.29. The fraction of sp³-hybridized carbons (Fsp3) is 0.700. The first kappa shape index (κ1) is 12.6. The van der Waals surface area contributed by atoms with Crippen LogP contribution in [-0.4, -0.2) is 27.9 Å². The van der Waals surface area contributed by atoms with E-state index in [4.69, 9.17) is 14.3 Å². The molecule has 0 fully saturated rings. The van der Waals surface area contributed by atoms with E-state index in [9.17, 15) is 4.79 Å². The zero-order valence-electron chi connectivity index (χ0n) is 9.47. The summed E-state index contributed by atoms with van der Waals surface area (Å²) < 4.78 is 10.4. The van der Waals surface area contributed by atoms with Gasteiger partial charge in [-0.25, -0.2) is 0 Å². The molecule has 6 heteroatoms. The lowest BCUT2D eigenvalue weighted by molar-refractivity contribution is -0.137. The maximum absolute atomic E-state index is 10.5. The zero-order chi connectivity index (χ0) is 12.0. The topological polar surface area (TPSA) is 85.5 Å². The number of carboxylic acid groups (broad SMARTS) is 1. The summed E-state index contributed by atoms with van der Waals surface area (Å²) in [4.78, 5) is 10.5. The van der Waals surface area contributed by atoms with Crippen molar-refractivity contribution in [3.8, 4) is 0 Å². The number of aromatic nitrogens is 2. The molecule has 0 aromatic carbocycles. The number of nitrogens with zero attached hydrogens (tertiary/aromatic N) is 2. The molecule has 0 amide bonds. The minimum absolute atomic E-state index is 0.0158. The molecule has 1 heterocycles. The Morgan fingerprint density at radius 3 is 2.81 bits per heavy atom. The molecule has 0 aliphatic rings. The summed E-state index contributed by atoms with van der Waals surface area (Å²) in [7, 11) is 0. The standard InChI is InChI=1S/C10H16N2O4/c1-3-15-6-9-12-11-8(16-9)4-7(2)5-10(13)14/h7H,3-6H2,1-2H3,(H,13,14). The van der Waals surface area contributed by atoms with Gasteiger partial charge in [-0.3, -0.25) is 4.79 Å². The second-order valence-corrected chi connectivity index (χ2v) is 3.63. The van der Waals surface area contributed by atoms with Crippen LogP contribution in [0.4, 0.5) is 0 Å². The Kier molecular flexibility index (Phi) is 4.91. The van der Waals surface area contributed by atoms with Crippen molar-refractivity contribution < 1.29 is 19.1 Å². The van der Waals surface area contributed by atoms with E-state index in [0.29, 0.717) is 31.4 Å². The summed E-state index contributed by atoms with van der Waals surface area (Å²) in [5.74, 6) is 0.0577. The van der Waals surface area contributed by atoms with Gasteiger partial charge in [-0.2, -0.15) is 0 Å². The zero-order valence-corrected chi connectivity index (χ0v) is 9.47. The van der Waals surface area contributed by atoms with Crippen LogP contribution in [0.25, 0.3) is 0 Å². The van der Waals surface area contributed by atoms with Gasteiger partial charge >= 0.3 is 5.97 Å². The molecule has 0 spiro atoms. The molecular formula is C10H16N2O4. The third-order valence-corrected chi connectivity index (χ3v) is 1.98. The molecule has 16 heavy (non-hydrogen) atoms. The van der Waals surface area contributed by atoms with Crippen molar-refractivity contribution >= 4 is 5.97 Å². The molecule has 1 atom stereocenters. The van der Waals surface area contributed by atoms with Gasteiger partial charge in [0.1, 0.15) is 6.61 Å². The Bertz CT molecular complexity index is 337. The number of carboxylic acids is 1. The van der Waals surface area contributed by atoms with Crippen LogP contribution in [0.3, 0.4) is 0 Å². The predicted molar refractivity (Wildman–Crippen MR) is 54.7 cm³/mol. The van der Waals surface area contributed by atoms with Crippen molar-refractivity contribution in [1.82, 2.24) is 10.2 Å². The molecule has 1 N–H and O–H groups in total. The predicted octanol–water partition coefficient (Wildman–Crippen LogP) is 1.26. The SMILES string of the molecule is CCOCc1nnc(CC(C)CC(=O)O)o1. The van der Waals surface area contributed by atoms with Crippen LogP contribution < -0.4 is 0 Å². The molecule has 0 saturated carbocycles. The van der Waals surface area contributed by atoms with Crippen LogP contribution in [0.15, 0.2) is 4.42 Å². The van der Waals surface area contributed by atoms with Gasteiger partial charge in [0.25, 0.3) is 0 Å². The first-order chi connectivity index (χ1) is 7.61. The van der Waals surface area contributed by atoms with E-state index in [1.54, 1.807) is 0 Å². The molecule has 1 aromatic heterocycles. The van der Waals surface area contributed by atoms with Crippen molar-refractivity contribution in [3.63, 3.8) is 0 Å². The highest BCUT2D eigenvalue weighted by atomic mass is 16.5. The normalized spacial score (nSPS) is 12.6. The number of carbonyl (C=O) groups is 1. The summed E-state index contributed by atoms with van der Waals surface area (Å²) in [6.07, 6.45) is 0.578. The minimum atomic E-state index is -0.818. The number of hydrogen-bond acceptors (Lipinski definition) is 5. The van der Waals surface area contributed by atoms with E-state index in [1.165, 1.54) is 0 Å². The smallest absolute Gasteiger partial charge is 0.303 e. The minimum Gasteiger partial charge on any atom is -0.481 e. The average molecular weight is 228 g/mol. The lowest BCUT2D eigenvalue weighted by Gasteiger charge is -2.03. The second kappa shape index (κ2) is 6.22. The largest absolute Gasteiger partial charge is 0.481 e. The molecule has 90 valence electrons. The highest BCUT2D eigenvalue weighted by Crippen LogP contribution is 2.11. The van der Waals surface area contributed by atoms with Crippen molar-refractivity contribution in [2.24, 2.45) is 5.92 Å². The Morgan fingerprint density at radius 2 is 2.19 bits per heavy atom. The van der Waals surface area contributed by atoms with Crippen LogP contribution in [0.5, 0.6) is 0 Å². The molecule has 1 aromatic rings. The average Bonchev–Trinajstić information content (AvgIpc) is 2.61.